The predicted octanol–water partition coefficient (Wildman–Crippen LogP) is 1.28. The molecule has 1 aliphatic heterocycles. The van der Waals surface area contributed by atoms with E-state index in [1.807, 2.05) is 4.90 Å². The van der Waals surface area contributed by atoms with Crippen LogP contribution in [0, 0.1) is 0 Å². The third-order valence-corrected chi connectivity index (χ3v) is 3.63. The molecule has 0 spiro atoms. The number of Topliss-reactive ketones (excluding diaryl/α,β-unsaturated/α-hetero) is 1. The molecule has 0 unspecified atom stereocenters. The third-order valence-electron chi connectivity index (χ3n) is 3.63. The number of amides is 1. The summed E-state index contributed by atoms with van der Waals surface area (Å²) in [6.07, 6.45) is 1.96. The summed E-state index contributed by atoms with van der Waals surface area (Å²) in [6, 6.07) is 6.94. The Morgan fingerprint density at radius 3 is 2.65 bits per heavy atom. The molecule has 5 heteroatoms. The first-order valence-electron chi connectivity index (χ1n) is 6.86. The fourth-order valence-electron chi connectivity index (χ4n) is 2.48. The van der Waals surface area contributed by atoms with E-state index in [4.69, 9.17) is 0 Å². The number of nitrogens with one attached hydrogen (secondary N) is 1. The maximum Gasteiger partial charge on any atom is 0.238 e. The maximum atomic E-state index is 11.9. The summed E-state index contributed by atoms with van der Waals surface area (Å²) >= 11 is 0. The van der Waals surface area contributed by atoms with Gasteiger partial charge in [-0.15, -0.1) is 0 Å². The summed E-state index contributed by atoms with van der Waals surface area (Å²) in [5.74, 6) is -0.0911. The van der Waals surface area contributed by atoms with E-state index in [0.717, 1.165) is 19.4 Å². The number of rotatable bonds is 5. The summed E-state index contributed by atoms with van der Waals surface area (Å²) in [5, 5.41) is 12.0. The normalized spacial score (nSPS) is 19.0. The number of anilines is 1. The summed E-state index contributed by atoms with van der Waals surface area (Å²) in [4.78, 5) is 25.1. The van der Waals surface area contributed by atoms with Gasteiger partial charge in [0.05, 0.1) is 13.2 Å². The van der Waals surface area contributed by atoms with Crippen molar-refractivity contribution in [1.29, 1.82) is 0 Å². The van der Waals surface area contributed by atoms with Crippen LogP contribution in [0.5, 0.6) is 0 Å². The van der Waals surface area contributed by atoms with Gasteiger partial charge in [0.25, 0.3) is 0 Å². The summed E-state index contributed by atoms with van der Waals surface area (Å²) in [6.45, 7) is 2.75. The molecule has 2 rings (SSSR count). The molecule has 1 heterocycles. The minimum Gasteiger partial charge on any atom is -0.395 e. The molecule has 0 saturated carbocycles. The van der Waals surface area contributed by atoms with Crippen molar-refractivity contribution >= 4 is 17.4 Å². The van der Waals surface area contributed by atoms with Crippen LogP contribution in [0.2, 0.25) is 0 Å². The number of hydrogen-bond acceptors (Lipinski definition) is 4. The number of aliphatic hydroxyl groups excluding tert-OH is 1. The molecule has 1 amide bonds. The molecule has 108 valence electrons. The van der Waals surface area contributed by atoms with Gasteiger partial charge in [-0.25, -0.2) is 0 Å². The van der Waals surface area contributed by atoms with Crippen molar-refractivity contribution in [2.24, 2.45) is 0 Å². The van der Waals surface area contributed by atoms with E-state index in [1.54, 1.807) is 24.3 Å². The molecule has 0 bridgehead atoms. The largest absolute Gasteiger partial charge is 0.395 e. The maximum absolute atomic E-state index is 11.9. The van der Waals surface area contributed by atoms with Crippen LogP contribution < -0.4 is 5.32 Å². The highest BCUT2D eigenvalue weighted by molar-refractivity contribution is 5.96. The SMILES string of the molecule is CC(=O)c1ccc(NC(=O)CN2CCC[C@@H]2CO)cc1. The Morgan fingerprint density at radius 1 is 1.35 bits per heavy atom. The number of ketones is 1. The highest BCUT2D eigenvalue weighted by Crippen LogP contribution is 2.16. The second kappa shape index (κ2) is 6.63. The first kappa shape index (κ1) is 14.7. The first-order chi connectivity index (χ1) is 9.60. The second-order valence-corrected chi connectivity index (χ2v) is 5.13. The van der Waals surface area contributed by atoms with Crippen LogP contribution >= 0.6 is 0 Å². The van der Waals surface area contributed by atoms with Gasteiger partial charge in [-0.2, -0.15) is 0 Å². The molecule has 1 aliphatic rings. The second-order valence-electron chi connectivity index (χ2n) is 5.13. The van der Waals surface area contributed by atoms with E-state index in [2.05, 4.69) is 5.32 Å². The molecule has 0 aromatic heterocycles. The van der Waals surface area contributed by atoms with E-state index in [-0.39, 0.29) is 24.3 Å². The Hall–Kier alpha value is -1.72. The number of carbonyl (C=O) groups excluding carboxylic acids is 2. The van der Waals surface area contributed by atoms with Gasteiger partial charge in [0.15, 0.2) is 5.78 Å². The Bertz CT molecular complexity index is 484. The highest BCUT2D eigenvalue weighted by Gasteiger charge is 2.25. The van der Waals surface area contributed by atoms with Crippen molar-refractivity contribution in [2.45, 2.75) is 25.8 Å². The number of likely N-dealkylation sites (tertiary alicyclic amines) is 1. The molecule has 1 fully saturated rings. The molecule has 1 aromatic carbocycles. The van der Waals surface area contributed by atoms with Crippen LogP contribution in [0.4, 0.5) is 5.69 Å². The molecule has 0 aliphatic carbocycles. The van der Waals surface area contributed by atoms with Crippen molar-refractivity contribution in [3.05, 3.63) is 29.8 Å². The lowest BCUT2D eigenvalue weighted by Gasteiger charge is -2.21. The Morgan fingerprint density at radius 2 is 2.05 bits per heavy atom. The minimum absolute atomic E-state index is 0.00531. The molecular weight excluding hydrogens is 256 g/mol. The fraction of sp³-hybridized carbons (Fsp3) is 0.467. The zero-order valence-corrected chi connectivity index (χ0v) is 11.6. The van der Waals surface area contributed by atoms with E-state index in [0.29, 0.717) is 17.8 Å². The molecular formula is C15H20N2O3. The van der Waals surface area contributed by atoms with Gasteiger partial charge >= 0.3 is 0 Å². The number of aliphatic hydroxyl groups is 1. The van der Waals surface area contributed by atoms with E-state index in [9.17, 15) is 14.7 Å². The lowest BCUT2D eigenvalue weighted by atomic mass is 10.1. The van der Waals surface area contributed by atoms with Crippen molar-refractivity contribution in [2.75, 3.05) is 25.0 Å². The van der Waals surface area contributed by atoms with Gasteiger partial charge in [0.2, 0.25) is 5.91 Å². The van der Waals surface area contributed by atoms with Crippen molar-refractivity contribution < 1.29 is 14.7 Å². The summed E-state index contributed by atoms with van der Waals surface area (Å²) in [5.41, 5.74) is 1.31. The van der Waals surface area contributed by atoms with E-state index < -0.39 is 0 Å². The van der Waals surface area contributed by atoms with Crippen molar-refractivity contribution in [3.63, 3.8) is 0 Å². The monoisotopic (exact) mass is 276 g/mol. The summed E-state index contributed by atoms with van der Waals surface area (Å²) in [7, 11) is 0. The molecule has 1 atom stereocenters. The van der Waals surface area contributed by atoms with Gasteiger partial charge in [-0.3, -0.25) is 14.5 Å². The number of benzene rings is 1. The molecule has 20 heavy (non-hydrogen) atoms. The van der Waals surface area contributed by atoms with Gasteiger partial charge in [-0.1, -0.05) is 0 Å². The molecule has 1 saturated heterocycles. The molecule has 1 aromatic rings. The van der Waals surface area contributed by atoms with Crippen LogP contribution in [-0.2, 0) is 4.79 Å². The lowest BCUT2D eigenvalue weighted by molar-refractivity contribution is -0.117. The Balaban J connectivity index is 1.89. The predicted molar refractivity (Wildman–Crippen MR) is 76.8 cm³/mol. The highest BCUT2D eigenvalue weighted by atomic mass is 16.3. The third kappa shape index (κ3) is 3.65. The van der Waals surface area contributed by atoms with Crippen LogP contribution in [0.25, 0.3) is 0 Å². The van der Waals surface area contributed by atoms with Gasteiger partial charge in [0.1, 0.15) is 0 Å². The van der Waals surface area contributed by atoms with E-state index >= 15 is 0 Å². The minimum atomic E-state index is -0.0964. The summed E-state index contributed by atoms with van der Waals surface area (Å²) < 4.78 is 0. The van der Waals surface area contributed by atoms with Crippen LogP contribution in [0.15, 0.2) is 24.3 Å². The average molecular weight is 276 g/mol. The smallest absolute Gasteiger partial charge is 0.238 e. The number of nitrogens with zero attached hydrogens (tertiary/aromatic N) is 1. The van der Waals surface area contributed by atoms with Crippen molar-refractivity contribution in [3.8, 4) is 0 Å². The quantitative estimate of drug-likeness (QED) is 0.795. The Kier molecular flexibility index (Phi) is 4.87. The number of carbonyl (C=O) groups is 2. The zero-order chi connectivity index (χ0) is 14.5. The lowest BCUT2D eigenvalue weighted by Crippen LogP contribution is -2.38. The van der Waals surface area contributed by atoms with Gasteiger partial charge in [-0.05, 0) is 50.6 Å². The standard InChI is InChI=1S/C15H20N2O3/c1-11(19)12-4-6-13(7-5-12)16-15(20)9-17-8-2-3-14(17)10-18/h4-7,14,18H,2-3,8-10H2,1H3,(H,16,20)/t14-/m1/s1. The number of hydrogen-bond donors (Lipinski definition) is 2. The average Bonchev–Trinajstić information content (AvgIpc) is 2.86. The fourth-order valence-corrected chi connectivity index (χ4v) is 2.48. The van der Waals surface area contributed by atoms with Crippen LogP contribution in [0.1, 0.15) is 30.1 Å². The van der Waals surface area contributed by atoms with Crippen LogP contribution in [-0.4, -0.2) is 47.4 Å². The van der Waals surface area contributed by atoms with Gasteiger partial charge < -0.3 is 10.4 Å². The molecule has 0 radical (unpaired) electrons. The topological polar surface area (TPSA) is 69.6 Å². The van der Waals surface area contributed by atoms with Gasteiger partial charge in [0, 0.05) is 17.3 Å². The first-order valence-corrected chi connectivity index (χ1v) is 6.86. The Labute approximate surface area is 118 Å². The molecule has 5 nitrogen and oxygen atoms in total. The zero-order valence-electron chi connectivity index (χ0n) is 11.6. The molecule has 2 N–H and O–H groups in total. The van der Waals surface area contributed by atoms with Crippen LogP contribution in [0.3, 0.4) is 0 Å². The van der Waals surface area contributed by atoms with E-state index in [1.165, 1.54) is 6.92 Å². The van der Waals surface area contributed by atoms with Crippen molar-refractivity contribution in [1.82, 2.24) is 4.90 Å².